The zero-order valence-corrected chi connectivity index (χ0v) is 11.6. The summed E-state index contributed by atoms with van der Waals surface area (Å²) in [6, 6.07) is 8.62. The highest BCUT2D eigenvalue weighted by atomic mass is 16.5. The third-order valence-corrected chi connectivity index (χ3v) is 3.47. The molecule has 0 bridgehead atoms. The van der Waals surface area contributed by atoms with Gasteiger partial charge in [0.2, 0.25) is 0 Å². The van der Waals surface area contributed by atoms with Crippen LogP contribution in [0.5, 0.6) is 5.75 Å². The number of hydrogen-bond donors (Lipinski definition) is 2. The van der Waals surface area contributed by atoms with Crippen molar-refractivity contribution in [2.24, 2.45) is 5.73 Å². The molecule has 0 fully saturated rings. The van der Waals surface area contributed by atoms with Crippen LogP contribution in [0.3, 0.4) is 0 Å². The second-order valence-electron chi connectivity index (χ2n) is 5.04. The van der Waals surface area contributed by atoms with E-state index in [4.69, 9.17) is 15.2 Å². The number of benzene rings is 1. The monoisotopic (exact) mass is 264 g/mol. The van der Waals surface area contributed by atoms with Crippen LogP contribution < -0.4 is 15.8 Å². The van der Waals surface area contributed by atoms with Crippen LogP contribution in [0.1, 0.15) is 18.4 Å². The Morgan fingerprint density at radius 3 is 3.05 bits per heavy atom. The first-order chi connectivity index (χ1) is 9.33. The maximum absolute atomic E-state index is 5.91. The Bertz CT molecular complexity index is 359. The van der Waals surface area contributed by atoms with Gasteiger partial charge in [-0.15, -0.1) is 0 Å². The lowest BCUT2D eigenvalue weighted by Gasteiger charge is -2.20. The van der Waals surface area contributed by atoms with Crippen LogP contribution in [0, 0.1) is 0 Å². The van der Waals surface area contributed by atoms with E-state index < -0.39 is 0 Å². The Kier molecular flexibility index (Phi) is 5.63. The minimum atomic E-state index is 0.231. The summed E-state index contributed by atoms with van der Waals surface area (Å²) >= 11 is 0. The van der Waals surface area contributed by atoms with Crippen molar-refractivity contribution in [3.05, 3.63) is 29.8 Å². The number of nitrogens with one attached hydrogen (secondary N) is 1. The topological polar surface area (TPSA) is 56.5 Å². The average molecular weight is 264 g/mol. The molecule has 2 unspecified atom stereocenters. The van der Waals surface area contributed by atoms with E-state index in [1.807, 2.05) is 12.1 Å². The first kappa shape index (κ1) is 14.3. The molecule has 4 heteroatoms. The van der Waals surface area contributed by atoms with E-state index in [2.05, 4.69) is 17.4 Å². The average Bonchev–Trinajstić information content (AvgIpc) is 2.84. The molecule has 2 rings (SSSR count). The van der Waals surface area contributed by atoms with Crippen molar-refractivity contribution in [1.29, 1.82) is 0 Å². The maximum Gasteiger partial charge on any atom is 0.123 e. The lowest BCUT2D eigenvalue weighted by Crippen LogP contribution is -2.40. The van der Waals surface area contributed by atoms with Crippen LogP contribution in [-0.4, -0.2) is 39.0 Å². The molecule has 106 valence electrons. The fraction of sp³-hybridized carbons (Fsp3) is 0.600. The third kappa shape index (κ3) is 4.20. The maximum atomic E-state index is 5.91. The van der Waals surface area contributed by atoms with Gasteiger partial charge in [-0.1, -0.05) is 18.2 Å². The predicted molar refractivity (Wildman–Crippen MR) is 76.5 cm³/mol. The van der Waals surface area contributed by atoms with Crippen molar-refractivity contribution in [3.8, 4) is 5.75 Å². The van der Waals surface area contributed by atoms with E-state index in [0.29, 0.717) is 6.04 Å². The second kappa shape index (κ2) is 7.48. The van der Waals surface area contributed by atoms with Gasteiger partial charge < -0.3 is 20.5 Å². The molecule has 4 nitrogen and oxygen atoms in total. The normalized spacial score (nSPS) is 18.9. The van der Waals surface area contributed by atoms with E-state index in [1.165, 1.54) is 5.56 Å². The number of nitrogens with two attached hydrogens (primary N) is 1. The van der Waals surface area contributed by atoms with Gasteiger partial charge in [0.1, 0.15) is 11.9 Å². The molecule has 0 saturated heterocycles. The number of hydrogen-bond acceptors (Lipinski definition) is 4. The zero-order chi connectivity index (χ0) is 13.5. The summed E-state index contributed by atoms with van der Waals surface area (Å²) in [4.78, 5) is 0. The van der Waals surface area contributed by atoms with E-state index >= 15 is 0 Å². The summed E-state index contributed by atoms with van der Waals surface area (Å²) in [7, 11) is 1.74. The van der Waals surface area contributed by atoms with Gasteiger partial charge in [-0.25, -0.2) is 0 Å². The molecule has 0 radical (unpaired) electrons. The van der Waals surface area contributed by atoms with Gasteiger partial charge >= 0.3 is 0 Å². The molecule has 0 spiro atoms. The van der Waals surface area contributed by atoms with E-state index in [1.54, 1.807) is 7.11 Å². The number of methoxy groups -OCH3 is 1. The van der Waals surface area contributed by atoms with Crippen molar-refractivity contribution in [2.45, 2.75) is 31.4 Å². The second-order valence-corrected chi connectivity index (χ2v) is 5.04. The third-order valence-electron chi connectivity index (χ3n) is 3.47. The van der Waals surface area contributed by atoms with Gasteiger partial charge in [-0.05, 0) is 31.0 Å². The van der Waals surface area contributed by atoms with Crippen LogP contribution in [0.2, 0.25) is 0 Å². The van der Waals surface area contributed by atoms with Crippen LogP contribution in [0.15, 0.2) is 24.3 Å². The number of rotatable bonds is 8. The molecule has 0 amide bonds. The van der Waals surface area contributed by atoms with E-state index in [-0.39, 0.29) is 6.10 Å². The molecule has 1 aliphatic rings. The van der Waals surface area contributed by atoms with Crippen LogP contribution in [-0.2, 0) is 11.2 Å². The Balaban J connectivity index is 1.76. The number of ether oxygens (including phenoxy) is 2. The highest BCUT2D eigenvalue weighted by molar-refractivity contribution is 5.37. The van der Waals surface area contributed by atoms with Crippen molar-refractivity contribution in [3.63, 3.8) is 0 Å². The molecular formula is C15H24N2O2. The SMILES string of the molecule is COCC(CCCN)NCC1Cc2ccccc2O1. The highest BCUT2D eigenvalue weighted by Crippen LogP contribution is 2.27. The molecule has 0 aromatic heterocycles. The van der Waals surface area contributed by atoms with Crippen molar-refractivity contribution < 1.29 is 9.47 Å². The summed E-state index contributed by atoms with van der Waals surface area (Å²) in [6.45, 7) is 2.31. The Labute approximate surface area is 115 Å². The highest BCUT2D eigenvalue weighted by Gasteiger charge is 2.22. The summed E-state index contributed by atoms with van der Waals surface area (Å²) < 4.78 is 11.1. The Morgan fingerprint density at radius 2 is 2.32 bits per heavy atom. The van der Waals surface area contributed by atoms with Crippen molar-refractivity contribution >= 4 is 0 Å². The fourth-order valence-corrected chi connectivity index (χ4v) is 2.48. The molecule has 19 heavy (non-hydrogen) atoms. The summed E-state index contributed by atoms with van der Waals surface area (Å²) in [6.07, 6.45) is 3.28. The van der Waals surface area contributed by atoms with Crippen molar-refractivity contribution in [2.75, 3.05) is 26.8 Å². The molecule has 3 N–H and O–H groups in total. The van der Waals surface area contributed by atoms with Crippen LogP contribution in [0.25, 0.3) is 0 Å². The Morgan fingerprint density at radius 1 is 1.47 bits per heavy atom. The quantitative estimate of drug-likeness (QED) is 0.744. The first-order valence-corrected chi connectivity index (χ1v) is 7.00. The largest absolute Gasteiger partial charge is 0.488 e. The molecule has 1 heterocycles. The molecule has 2 atom stereocenters. The summed E-state index contributed by atoms with van der Waals surface area (Å²) in [5.41, 5.74) is 6.86. The lowest BCUT2D eigenvalue weighted by molar-refractivity contribution is 0.150. The first-order valence-electron chi connectivity index (χ1n) is 7.00. The summed E-state index contributed by atoms with van der Waals surface area (Å²) in [5, 5.41) is 3.53. The molecular weight excluding hydrogens is 240 g/mol. The number of para-hydroxylation sites is 1. The van der Waals surface area contributed by atoms with Gasteiger partial charge in [0, 0.05) is 26.1 Å². The molecule has 1 aromatic rings. The molecule has 0 saturated carbocycles. The summed E-state index contributed by atoms with van der Waals surface area (Å²) in [5.74, 6) is 1.03. The van der Waals surface area contributed by atoms with Gasteiger partial charge in [0.15, 0.2) is 0 Å². The predicted octanol–water partition coefficient (Wildman–Crippen LogP) is 1.33. The van der Waals surface area contributed by atoms with Gasteiger partial charge in [0.25, 0.3) is 0 Å². The minimum absolute atomic E-state index is 0.231. The fourth-order valence-electron chi connectivity index (χ4n) is 2.48. The lowest BCUT2D eigenvalue weighted by atomic mass is 10.1. The van der Waals surface area contributed by atoms with E-state index in [0.717, 1.165) is 44.7 Å². The number of fused-ring (bicyclic) bond motifs is 1. The van der Waals surface area contributed by atoms with Gasteiger partial charge in [-0.2, -0.15) is 0 Å². The van der Waals surface area contributed by atoms with Crippen LogP contribution in [0.4, 0.5) is 0 Å². The van der Waals surface area contributed by atoms with Crippen LogP contribution >= 0.6 is 0 Å². The molecule has 0 aliphatic carbocycles. The van der Waals surface area contributed by atoms with Crippen molar-refractivity contribution in [1.82, 2.24) is 5.32 Å². The minimum Gasteiger partial charge on any atom is -0.488 e. The molecule has 1 aliphatic heterocycles. The standard InChI is InChI=1S/C15H24N2O2/c1-18-11-13(6-4-8-16)17-10-14-9-12-5-2-3-7-15(12)19-14/h2-3,5,7,13-14,17H,4,6,8-11,16H2,1H3. The van der Waals surface area contributed by atoms with E-state index in [9.17, 15) is 0 Å². The Hall–Kier alpha value is -1.10. The van der Waals surface area contributed by atoms with Gasteiger partial charge in [0.05, 0.1) is 6.61 Å². The smallest absolute Gasteiger partial charge is 0.123 e. The van der Waals surface area contributed by atoms with Gasteiger partial charge in [-0.3, -0.25) is 0 Å². The molecule has 1 aromatic carbocycles. The zero-order valence-electron chi connectivity index (χ0n) is 11.6.